The molecule has 0 radical (unpaired) electrons. The van der Waals surface area contributed by atoms with Crippen LogP contribution in [-0.2, 0) is 30.6 Å². The van der Waals surface area contributed by atoms with E-state index in [2.05, 4.69) is 77.4 Å². The Hall–Kier alpha value is -2.12. The average Bonchev–Trinajstić information content (AvgIpc) is 3.39. The van der Waals surface area contributed by atoms with Crippen molar-refractivity contribution in [3.63, 3.8) is 0 Å². The Balaban J connectivity index is 1.70. The maximum Gasteiger partial charge on any atom is 0.234 e. The van der Waals surface area contributed by atoms with Crippen molar-refractivity contribution >= 4 is 34.7 Å². The summed E-state index contributed by atoms with van der Waals surface area (Å²) >= 11 is 3.21. The molecule has 1 N–H and O–H groups in total. The number of amides is 1. The number of nitrogens with zero attached hydrogens (tertiary/aromatic N) is 3. The topological polar surface area (TPSA) is 59.8 Å². The molecule has 30 heavy (non-hydrogen) atoms. The third-order valence-electron chi connectivity index (χ3n) is 5.04. The smallest absolute Gasteiger partial charge is 0.234 e. The highest BCUT2D eigenvalue weighted by atomic mass is 32.2. The molecule has 160 valence electrons. The SMILES string of the molecule is CCCc1cc(-c2nnc(SCC(=O)Nc3c(CC)cccc3CC)n2CC)cs1. The van der Waals surface area contributed by atoms with Crippen LogP contribution in [0, 0.1) is 0 Å². The second-order valence-corrected chi connectivity index (χ2v) is 9.04. The zero-order valence-corrected chi connectivity index (χ0v) is 19.8. The first-order valence-electron chi connectivity index (χ1n) is 10.7. The van der Waals surface area contributed by atoms with Gasteiger partial charge in [0.15, 0.2) is 11.0 Å². The maximum atomic E-state index is 12.7. The number of carbonyl (C=O) groups excluding carboxylic acids is 1. The Morgan fingerprint density at radius 2 is 1.87 bits per heavy atom. The Morgan fingerprint density at radius 3 is 2.50 bits per heavy atom. The molecule has 7 heteroatoms. The minimum atomic E-state index is -0.0106. The van der Waals surface area contributed by atoms with Crippen molar-refractivity contribution in [1.82, 2.24) is 14.8 Å². The van der Waals surface area contributed by atoms with Gasteiger partial charge in [0.05, 0.1) is 5.75 Å². The van der Waals surface area contributed by atoms with E-state index in [4.69, 9.17) is 0 Å². The van der Waals surface area contributed by atoms with Crippen LogP contribution < -0.4 is 5.32 Å². The third kappa shape index (κ3) is 5.13. The van der Waals surface area contributed by atoms with E-state index in [1.54, 1.807) is 11.3 Å². The quantitative estimate of drug-likeness (QED) is 0.401. The lowest BCUT2D eigenvalue weighted by Crippen LogP contribution is -2.17. The van der Waals surface area contributed by atoms with Crippen molar-refractivity contribution in [2.24, 2.45) is 0 Å². The fraction of sp³-hybridized carbons (Fsp3) is 0.435. The molecular weight excluding hydrogens is 412 g/mol. The van der Waals surface area contributed by atoms with Crippen LogP contribution in [0.4, 0.5) is 5.69 Å². The molecule has 3 aromatic rings. The van der Waals surface area contributed by atoms with E-state index in [1.807, 2.05) is 0 Å². The van der Waals surface area contributed by atoms with Crippen molar-refractivity contribution in [1.29, 1.82) is 0 Å². The van der Waals surface area contributed by atoms with Crippen LogP contribution >= 0.6 is 23.1 Å². The molecule has 0 aliphatic heterocycles. The number of hydrogen-bond donors (Lipinski definition) is 1. The van der Waals surface area contributed by atoms with Crippen LogP contribution in [0.1, 0.15) is 50.1 Å². The standard InChI is InChI=1S/C23H30N4OS2/c1-5-10-19-13-18(14-29-19)22-25-26-23(27(22)8-4)30-15-20(28)24-21-16(6-2)11-9-12-17(21)7-3/h9,11-14H,5-8,10,15H2,1-4H3,(H,24,28). The van der Waals surface area contributed by atoms with Crippen molar-refractivity contribution < 1.29 is 4.79 Å². The molecule has 0 fully saturated rings. The molecule has 1 aromatic carbocycles. The second kappa shape index (κ2) is 10.8. The van der Waals surface area contributed by atoms with E-state index in [1.165, 1.54) is 27.8 Å². The molecule has 0 aliphatic carbocycles. The summed E-state index contributed by atoms with van der Waals surface area (Å²) in [4.78, 5) is 14.1. The monoisotopic (exact) mass is 442 g/mol. The lowest BCUT2D eigenvalue weighted by Gasteiger charge is -2.14. The van der Waals surface area contributed by atoms with E-state index in [0.717, 1.165) is 54.5 Å². The number of rotatable bonds is 10. The minimum Gasteiger partial charge on any atom is -0.325 e. The van der Waals surface area contributed by atoms with Crippen LogP contribution in [0.25, 0.3) is 11.4 Å². The predicted octanol–water partition coefficient (Wildman–Crippen LogP) is 5.83. The number of benzene rings is 1. The molecular formula is C23H30N4OS2. The number of anilines is 1. The number of aryl methyl sites for hydroxylation is 3. The Morgan fingerprint density at radius 1 is 1.13 bits per heavy atom. The highest BCUT2D eigenvalue weighted by Gasteiger charge is 2.17. The summed E-state index contributed by atoms with van der Waals surface area (Å²) in [6.07, 6.45) is 4.01. The number of thiophene rings is 1. The van der Waals surface area contributed by atoms with Gasteiger partial charge < -0.3 is 9.88 Å². The summed E-state index contributed by atoms with van der Waals surface area (Å²) in [6.45, 7) is 9.27. The minimum absolute atomic E-state index is 0.0106. The molecule has 0 saturated carbocycles. The normalized spacial score (nSPS) is 11.1. The lowest BCUT2D eigenvalue weighted by atomic mass is 10.0. The maximum absolute atomic E-state index is 12.7. The van der Waals surface area contributed by atoms with Gasteiger partial charge in [0.25, 0.3) is 0 Å². The Kier molecular flexibility index (Phi) is 8.10. The summed E-state index contributed by atoms with van der Waals surface area (Å²) in [5.41, 5.74) is 4.42. The first-order valence-corrected chi connectivity index (χ1v) is 12.5. The van der Waals surface area contributed by atoms with E-state index in [-0.39, 0.29) is 5.91 Å². The molecule has 1 amide bonds. The molecule has 5 nitrogen and oxygen atoms in total. The largest absolute Gasteiger partial charge is 0.325 e. The summed E-state index contributed by atoms with van der Waals surface area (Å²) in [5, 5.41) is 14.8. The molecule has 2 aromatic heterocycles. The predicted molar refractivity (Wildman–Crippen MR) is 128 cm³/mol. The van der Waals surface area contributed by atoms with Gasteiger partial charge in [0, 0.05) is 28.1 Å². The summed E-state index contributed by atoms with van der Waals surface area (Å²) in [5.74, 6) is 1.18. The molecule has 0 saturated heterocycles. The molecule has 0 bridgehead atoms. The highest BCUT2D eigenvalue weighted by Crippen LogP contribution is 2.29. The number of thioether (sulfide) groups is 1. The van der Waals surface area contributed by atoms with Crippen molar-refractivity contribution in [3.8, 4) is 11.4 Å². The molecule has 0 spiro atoms. The Bertz CT molecular complexity index is 971. The van der Waals surface area contributed by atoms with Gasteiger partial charge in [0.2, 0.25) is 5.91 Å². The van der Waals surface area contributed by atoms with Crippen LogP contribution in [0.3, 0.4) is 0 Å². The van der Waals surface area contributed by atoms with E-state index in [9.17, 15) is 4.79 Å². The number of hydrogen-bond acceptors (Lipinski definition) is 5. The summed E-state index contributed by atoms with van der Waals surface area (Å²) in [6, 6.07) is 8.42. The van der Waals surface area contributed by atoms with Crippen LogP contribution in [0.5, 0.6) is 0 Å². The fourth-order valence-corrected chi connectivity index (χ4v) is 5.25. The van der Waals surface area contributed by atoms with Crippen LogP contribution in [-0.4, -0.2) is 26.4 Å². The third-order valence-corrected chi connectivity index (χ3v) is 7.00. The first kappa shape index (κ1) is 22.6. The first-order chi connectivity index (χ1) is 14.6. The van der Waals surface area contributed by atoms with Crippen molar-refractivity contribution in [2.45, 2.75) is 65.1 Å². The van der Waals surface area contributed by atoms with Gasteiger partial charge in [-0.3, -0.25) is 4.79 Å². The number of para-hydroxylation sites is 1. The molecule has 0 unspecified atom stereocenters. The van der Waals surface area contributed by atoms with E-state index in [0.29, 0.717) is 5.75 Å². The van der Waals surface area contributed by atoms with Gasteiger partial charge in [-0.05, 0) is 43.4 Å². The fourth-order valence-electron chi connectivity index (χ4n) is 3.48. The summed E-state index contributed by atoms with van der Waals surface area (Å²) in [7, 11) is 0. The van der Waals surface area contributed by atoms with Crippen LogP contribution in [0.15, 0.2) is 34.8 Å². The van der Waals surface area contributed by atoms with Gasteiger partial charge in [-0.15, -0.1) is 21.5 Å². The number of nitrogens with one attached hydrogen (secondary N) is 1. The zero-order chi connectivity index (χ0) is 21.5. The molecule has 0 atom stereocenters. The zero-order valence-electron chi connectivity index (χ0n) is 18.2. The number of carbonyl (C=O) groups is 1. The van der Waals surface area contributed by atoms with Crippen LogP contribution in [0.2, 0.25) is 0 Å². The van der Waals surface area contributed by atoms with Gasteiger partial charge >= 0.3 is 0 Å². The van der Waals surface area contributed by atoms with Gasteiger partial charge in [0.1, 0.15) is 0 Å². The van der Waals surface area contributed by atoms with Gasteiger partial charge in [-0.2, -0.15) is 0 Å². The van der Waals surface area contributed by atoms with Crippen molar-refractivity contribution in [2.75, 3.05) is 11.1 Å². The van der Waals surface area contributed by atoms with E-state index < -0.39 is 0 Å². The Labute approximate surface area is 187 Å². The summed E-state index contributed by atoms with van der Waals surface area (Å²) < 4.78 is 2.09. The number of aromatic nitrogens is 3. The highest BCUT2D eigenvalue weighted by molar-refractivity contribution is 7.99. The lowest BCUT2D eigenvalue weighted by molar-refractivity contribution is -0.113. The molecule has 3 rings (SSSR count). The van der Waals surface area contributed by atoms with Gasteiger partial charge in [-0.25, -0.2) is 0 Å². The second-order valence-electron chi connectivity index (χ2n) is 7.10. The average molecular weight is 443 g/mol. The van der Waals surface area contributed by atoms with Crippen molar-refractivity contribution in [3.05, 3.63) is 45.6 Å². The van der Waals surface area contributed by atoms with Gasteiger partial charge in [-0.1, -0.05) is 57.2 Å². The van der Waals surface area contributed by atoms with E-state index >= 15 is 0 Å². The molecule has 0 aliphatic rings. The molecule has 2 heterocycles.